The van der Waals surface area contributed by atoms with Crippen molar-refractivity contribution in [2.75, 3.05) is 0 Å². The van der Waals surface area contributed by atoms with Gasteiger partial charge in [-0.05, 0) is 60.9 Å². The second-order valence-corrected chi connectivity index (χ2v) is 8.51. The normalized spacial score (nSPS) is 17.6. The van der Waals surface area contributed by atoms with Crippen molar-refractivity contribution >= 4 is 32.7 Å². The van der Waals surface area contributed by atoms with Gasteiger partial charge in [0.25, 0.3) is 0 Å². The second-order valence-electron chi connectivity index (χ2n) is 8.51. The first-order valence-corrected chi connectivity index (χ1v) is 9.76. The first-order valence-electron chi connectivity index (χ1n) is 13.8. The minimum atomic E-state index is -2.54. The number of aromatic nitrogens is 2. The number of benzene rings is 2. The molecule has 30 heavy (non-hydrogen) atoms. The third-order valence-corrected chi connectivity index (χ3v) is 5.05. The molecule has 0 saturated heterocycles. The summed E-state index contributed by atoms with van der Waals surface area (Å²) in [6.07, 6.45) is 0.776. The summed E-state index contributed by atoms with van der Waals surface area (Å²) in [5, 5.41) is 2.89. The molecule has 0 aliphatic carbocycles. The van der Waals surface area contributed by atoms with Crippen LogP contribution in [-0.4, -0.2) is 9.97 Å². The molecule has 3 heteroatoms. The van der Waals surface area contributed by atoms with Crippen LogP contribution in [0.5, 0.6) is 0 Å². The zero-order valence-electron chi connectivity index (χ0n) is 25.0. The molecule has 2 aromatic carbocycles. The Bertz CT molecular complexity index is 1710. The van der Waals surface area contributed by atoms with Crippen LogP contribution in [0.2, 0.25) is 0 Å². The molecule has 0 aliphatic rings. The molecule has 0 atom stereocenters. The molecule has 0 aliphatic heterocycles. The van der Waals surface area contributed by atoms with Crippen molar-refractivity contribution in [3.8, 4) is 11.3 Å². The van der Waals surface area contributed by atoms with Gasteiger partial charge in [-0.25, -0.2) is 0 Å². The van der Waals surface area contributed by atoms with E-state index in [9.17, 15) is 0 Å². The van der Waals surface area contributed by atoms with Gasteiger partial charge in [-0.2, -0.15) is 0 Å². The highest BCUT2D eigenvalue weighted by atomic mass is 16.3. The Hall–Kier alpha value is -3.20. The Morgan fingerprint density at radius 2 is 1.80 bits per heavy atom. The van der Waals surface area contributed by atoms with Crippen LogP contribution in [0.3, 0.4) is 0 Å². The number of nitrogens with zero attached hydrogens (tertiary/aromatic N) is 2. The lowest BCUT2D eigenvalue weighted by atomic mass is 9.86. The Morgan fingerprint density at radius 3 is 2.60 bits per heavy atom. The van der Waals surface area contributed by atoms with Crippen LogP contribution < -0.4 is 0 Å². The highest BCUT2D eigenvalue weighted by Gasteiger charge is 2.18. The molecule has 0 unspecified atom stereocenters. The lowest BCUT2D eigenvalue weighted by molar-refractivity contribution is 0.410. The third kappa shape index (κ3) is 3.15. The molecule has 0 amide bonds. The van der Waals surface area contributed by atoms with Gasteiger partial charge >= 0.3 is 0 Å². The summed E-state index contributed by atoms with van der Waals surface area (Å²) >= 11 is 0. The number of hydrogen-bond acceptors (Lipinski definition) is 3. The van der Waals surface area contributed by atoms with Gasteiger partial charge in [0, 0.05) is 56.2 Å². The van der Waals surface area contributed by atoms with E-state index in [1.165, 1.54) is 24.5 Å². The molecule has 3 aromatic heterocycles. The second kappa shape index (κ2) is 6.66. The van der Waals surface area contributed by atoms with Gasteiger partial charge in [0.15, 0.2) is 0 Å². The molecule has 3 nitrogen and oxygen atoms in total. The highest BCUT2D eigenvalue weighted by Crippen LogP contribution is 2.38. The van der Waals surface area contributed by atoms with Gasteiger partial charge in [0.2, 0.25) is 0 Å². The number of pyridine rings is 2. The van der Waals surface area contributed by atoms with Gasteiger partial charge in [-0.3, -0.25) is 9.97 Å². The molecule has 3 heterocycles. The van der Waals surface area contributed by atoms with E-state index in [-0.39, 0.29) is 16.8 Å². The molecule has 0 radical (unpaired) electrons. The fraction of sp³-hybridized carbons (Fsp3) is 0.259. The molecule has 0 spiro atoms. The molecule has 0 N–H and O–H groups in total. The summed E-state index contributed by atoms with van der Waals surface area (Å²) in [5.74, 6) is 0. The van der Waals surface area contributed by atoms with Crippen LogP contribution >= 0.6 is 0 Å². The first kappa shape index (κ1) is 11.8. The maximum absolute atomic E-state index is 8.82. The van der Waals surface area contributed by atoms with Gasteiger partial charge in [0.05, 0.1) is 5.69 Å². The topological polar surface area (TPSA) is 38.9 Å². The van der Waals surface area contributed by atoms with Crippen molar-refractivity contribution in [1.29, 1.82) is 0 Å². The number of furan rings is 1. The van der Waals surface area contributed by atoms with Crippen LogP contribution in [0.25, 0.3) is 44.0 Å². The van der Waals surface area contributed by atoms with Crippen molar-refractivity contribution in [2.24, 2.45) is 5.41 Å². The van der Waals surface area contributed by atoms with Crippen LogP contribution in [-0.2, 0) is 6.37 Å². The number of hydrogen-bond donors (Lipinski definition) is 0. The van der Waals surface area contributed by atoms with Gasteiger partial charge in [-0.1, -0.05) is 39.0 Å². The quantitative estimate of drug-likeness (QED) is 0.309. The monoisotopic (exact) mass is 402 g/mol. The fourth-order valence-corrected chi connectivity index (χ4v) is 3.78. The van der Waals surface area contributed by atoms with E-state index in [0.29, 0.717) is 27.8 Å². The maximum atomic E-state index is 8.82. The van der Waals surface area contributed by atoms with Crippen LogP contribution in [0, 0.1) is 19.1 Å². The van der Waals surface area contributed by atoms with Crippen LogP contribution in [0.4, 0.5) is 0 Å². The Labute approximate surface area is 188 Å². The van der Waals surface area contributed by atoms with E-state index in [1.807, 2.05) is 24.3 Å². The SMILES string of the molecule is [2H]C([2H])([2H])c1cc2c(ccc3c4cccc(-c5cc(C([2H])([2H])C(C)(C)C)c(C([2H])([2H])[2H])cn5)c4oc23)cn1. The number of rotatable bonds is 2. The van der Waals surface area contributed by atoms with Gasteiger partial charge < -0.3 is 4.42 Å². The minimum Gasteiger partial charge on any atom is -0.455 e. The van der Waals surface area contributed by atoms with E-state index in [4.69, 9.17) is 15.4 Å². The molecule has 5 rings (SSSR count). The summed E-state index contributed by atoms with van der Waals surface area (Å²) < 4.78 is 71.2. The molecule has 0 fully saturated rings. The molecule has 5 aromatic rings. The van der Waals surface area contributed by atoms with E-state index in [2.05, 4.69) is 9.97 Å². The van der Waals surface area contributed by atoms with Crippen molar-refractivity contribution in [1.82, 2.24) is 9.97 Å². The predicted molar refractivity (Wildman–Crippen MR) is 125 cm³/mol. The zero-order chi connectivity index (χ0) is 27.8. The van der Waals surface area contributed by atoms with Gasteiger partial charge in [-0.15, -0.1) is 0 Å². The lowest BCUT2D eigenvalue weighted by Crippen LogP contribution is -2.10. The average molecular weight is 403 g/mol. The number of aryl methyl sites for hydroxylation is 2. The lowest BCUT2D eigenvalue weighted by Gasteiger charge is -2.20. The van der Waals surface area contributed by atoms with Gasteiger partial charge in [0.1, 0.15) is 11.2 Å². The fourth-order valence-electron chi connectivity index (χ4n) is 3.78. The summed E-state index contributed by atoms with van der Waals surface area (Å²) in [4.78, 5) is 8.52. The molecule has 0 saturated carbocycles. The summed E-state index contributed by atoms with van der Waals surface area (Å²) in [6.45, 7) is 0.264. The highest BCUT2D eigenvalue weighted by molar-refractivity contribution is 6.17. The van der Waals surface area contributed by atoms with E-state index < -0.39 is 25.5 Å². The minimum absolute atomic E-state index is 0.0332. The molecular weight excluding hydrogens is 368 g/mol. The van der Waals surface area contributed by atoms with Crippen molar-refractivity contribution in [2.45, 2.75) is 40.8 Å². The maximum Gasteiger partial charge on any atom is 0.144 e. The van der Waals surface area contributed by atoms with Crippen molar-refractivity contribution < 1.29 is 15.4 Å². The average Bonchev–Trinajstić information content (AvgIpc) is 3.21. The number of para-hydroxylation sites is 1. The predicted octanol–water partition coefficient (Wildman–Crippen LogP) is 7.40. The van der Waals surface area contributed by atoms with E-state index >= 15 is 0 Å². The number of fused-ring (bicyclic) bond motifs is 5. The first-order chi connectivity index (χ1) is 17.5. The Morgan fingerprint density at radius 1 is 0.933 bits per heavy atom. The summed E-state index contributed by atoms with van der Waals surface area (Å²) in [6, 6.07) is 12.3. The van der Waals surface area contributed by atoms with Crippen LogP contribution in [0.1, 0.15) is 48.6 Å². The zero-order valence-corrected chi connectivity index (χ0v) is 17.0. The molecular formula is C27H26N2O. The Balaban J connectivity index is 1.80. The smallest absolute Gasteiger partial charge is 0.144 e. The molecule has 150 valence electrons. The Kier molecular flexibility index (Phi) is 2.63. The third-order valence-electron chi connectivity index (χ3n) is 5.05. The summed E-state index contributed by atoms with van der Waals surface area (Å²) in [5.41, 5.74) is 0.940. The largest absolute Gasteiger partial charge is 0.455 e. The summed E-state index contributed by atoms with van der Waals surface area (Å²) in [7, 11) is 0. The molecule has 0 bridgehead atoms. The van der Waals surface area contributed by atoms with Crippen molar-refractivity contribution in [3.63, 3.8) is 0 Å². The van der Waals surface area contributed by atoms with E-state index in [1.54, 1.807) is 26.8 Å². The van der Waals surface area contributed by atoms with E-state index in [0.717, 1.165) is 16.2 Å². The standard InChI is InChI=1S/C27H26N2O/c1-16-14-29-24(12-19(16)13-27(3,4)5)22-8-6-7-20-21-10-9-18-15-28-17(2)11-23(18)26(21)30-25(20)22/h6-12,14-15H,13H2,1-5H3/i1D3,2D3,13D2. The van der Waals surface area contributed by atoms with Crippen LogP contribution in [0.15, 0.2) is 59.3 Å². The van der Waals surface area contributed by atoms with Crippen molar-refractivity contribution in [3.05, 3.63) is 71.7 Å².